The Hall–Kier alpha value is -2.15. The highest BCUT2D eigenvalue weighted by Crippen LogP contribution is 2.26. The molecule has 28 heavy (non-hydrogen) atoms. The van der Waals surface area contributed by atoms with Gasteiger partial charge >= 0.3 is 0 Å². The molecule has 0 aromatic carbocycles. The summed E-state index contributed by atoms with van der Waals surface area (Å²) in [4.78, 5) is 41.2. The fourth-order valence-corrected chi connectivity index (χ4v) is 4.40. The second kappa shape index (κ2) is 8.07. The molecule has 2 saturated heterocycles. The lowest BCUT2D eigenvalue weighted by atomic mass is 9.93. The van der Waals surface area contributed by atoms with Gasteiger partial charge in [-0.15, -0.1) is 0 Å². The Morgan fingerprint density at radius 2 is 1.82 bits per heavy atom. The average molecular weight is 386 g/mol. The molecule has 0 spiro atoms. The third-order valence-corrected chi connectivity index (χ3v) is 6.37. The molecular formula is C21H30N4O3. The maximum atomic E-state index is 12.7. The first-order valence-electron chi connectivity index (χ1n) is 10.5. The van der Waals surface area contributed by atoms with Crippen molar-refractivity contribution < 1.29 is 9.59 Å². The number of pyridine rings is 1. The van der Waals surface area contributed by atoms with E-state index in [-0.39, 0.29) is 23.3 Å². The summed E-state index contributed by atoms with van der Waals surface area (Å²) in [6, 6.07) is 3.99. The number of amides is 2. The quantitative estimate of drug-likeness (QED) is 0.837. The van der Waals surface area contributed by atoms with Crippen LogP contribution in [0.3, 0.4) is 0 Å². The highest BCUT2D eigenvalue weighted by molar-refractivity contribution is 5.94. The summed E-state index contributed by atoms with van der Waals surface area (Å²) in [6.07, 6.45) is 7.79. The zero-order valence-electron chi connectivity index (χ0n) is 16.6. The molecule has 2 amide bonds. The molecule has 7 nitrogen and oxygen atoms in total. The number of carbonyl (C=O) groups is 2. The zero-order valence-corrected chi connectivity index (χ0v) is 16.6. The van der Waals surface area contributed by atoms with Gasteiger partial charge in [-0.2, -0.15) is 0 Å². The van der Waals surface area contributed by atoms with Crippen LogP contribution in [0.5, 0.6) is 0 Å². The molecule has 7 heteroatoms. The molecule has 0 radical (unpaired) electrons. The van der Waals surface area contributed by atoms with Crippen molar-refractivity contribution in [2.45, 2.75) is 50.6 Å². The molecule has 1 N–H and O–H groups in total. The summed E-state index contributed by atoms with van der Waals surface area (Å²) in [6.45, 7) is 3.29. The molecule has 1 aliphatic carbocycles. The van der Waals surface area contributed by atoms with Gasteiger partial charge in [0.2, 0.25) is 5.91 Å². The predicted molar refractivity (Wildman–Crippen MR) is 106 cm³/mol. The van der Waals surface area contributed by atoms with Crippen LogP contribution in [0.25, 0.3) is 0 Å². The third kappa shape index (κ3) is 4.29. The van der Waals surface area contributed by atoms with E-state index in [1.807, 2.05) is 4.90 Å². The predicted octanol–water partition coefficient (Wildman–Crippen LogP) is 0.981. The Labute approximate surface area is 165 Å². The Kier molecular flexibility index (Phi) is 5.53. The topological polar surface area (TPSA) is 74.7 Å². The van der Waals surface area contributed by atoms with E-state index in [4.69, 9.17) is 0 Å². The van der Waals surface area contributed by atoms with Crippen LogP contribution < -0.4 is 10.9 Å². The maximum absolute atomic E-state index is 12.7. The SMILES string of the molecule is Cn1ccc(C(=O)N2CCC(N3CCC[C@H](C(=O)NC4CC4)C3)CC2)cc1=O. The van der Waals surface area contributed by atoms with Gasteiger partial charge in [0.25, 0.3) is 11.5 Å². The van der Waals surface area contributed by atoms with E-state index < -0.39 is 0 Å². The van der Waals surface area contributed by atoms with Crippen molar-refractivity contribution in [3.8, 4) is 0 Å². The van der Waals surface area contributed by atoms with Crippen LogP contribution in [0.4, 0.5) is 0 Å². The van der Waals surface area contributed by atoms with E-state index in [1.54, 1.807) is 19.3 Å². The van der Waals surface area contributed by atoms with Crippen LogP contribution in [0, 0.1) is 5.92 Å². The van der Waals surface area contributed by atoms with E-state index in [9.17, 15) is 14.4 Å². The first-order chi connectivity index (χ1) is 13.5. The molecule has 4 rings (SSSR count). The van der Waals surface area contributed by atoms with Crippen LogP contribution in [0.2, 0.25) is 0 Å². The number of aromatic nitrogens is 1. The fourth-order valence-electron chi connectivity index (χ4n) is 4.40. The van der Waals surface area contributed by atoms with Crippen LogP contribution in [-0.4, -0.2) is 64.4 Å². The molecule has 3 fully saturated rings. The normalized spacial score (nSPS) is 24.2. The molecule has 1 saturated carbocycles. The summed E-state index contributed by atoms with van der Waals surface area (Å²) >= 11 is 0. The van der Waals surface area contributed by atoms with E-state index >= 15 is 0 Å². The lowest BCUT2D eigenvalue weighted by molar-refractivity contribution is -0.127. The Morgan fingerprint density at radius 1 is 1.07 bits per heavy atom. The summed E-state index contributed by atoms with van der Waals surface area (Å²) in [5.74, 6) is 0.275. The second-order valence-corrected chi connectivity index (χ2v) is 8.50. The standard InChI is InChI=1S/C21H30N4O3/c1-23-10-6-15(13-19(23)26)21(28)24-11-7-18(8-12-24)25-9-2-3-16(14-25)20(27)22-17-4-5-17/h6,10,13,16-18H,2-5,7-9,11-12,14H2,1H3,(H,22,27)/t16-/m0/s1. The largest absolute Gasteiger partial charge is 0.353 e. The van der Waals surface area contributed by atoms with Crippen LogP contribution in [-0.2, 0) is 11.8 Å². The average Bonchev–Trinajstić information content (AvgIpc) is 3.54. The van der Waals surface area contributed by atoms with E-state index in [1.165, 1.54) is 10.6 Å². The van der Waals surface area contributed by atoms with Gasteiger partial charge < -0.3 is 14.8 Å². The minimum Gasteiger partial charge on any atom is -0.353 e. The molecular weight excluding hydrogens is 356 g/mol. The van der Waals surface area contributed by atoms with Crippen molar-refractivity contribution in [1.29, 1.82) is 0 Å². The van der Waals surface area contributed by atoms with Crippen molar-refractivity contribution >= 4 is 11.8 Å². The van der Waals surface area contributed by atoms with Gasteiger partial charge in [-0.3, -0.25) is 19.3 Å². The lowest BCUT2D eigenvalue weighted by Gasteiger charge is -2.42. The monoisotopic (exact) mass is 386 g/mol. The number of carbonyl (C=O) groups excluding carboxylic acids is 2. The number of nitrogens with one attached hydrogen (secondary N) is 1. The third-order valence-electron chi connectivity index (χ3n) is 6.37. The van der Waals surface area contributed by atoms with Crippen LogP contribution >= 0.6 is 0 Å². The summed E-state index contributed by atoms with van der Waals surface area (Å²) in [5, 5.41) is 3.15. The highest BCUT2D eigenvalue weighted by Gasteiger charge is 2.34. The van der Waals surface area contributed by atoms with Crippen molar-refractivity contribution in [3.05, 3.63) is 34.2 Å². The van der Waals surface area contributed by atoms with Gasteiger partial charge in [0, 0.05) is 56.6 Å². The first kappa shape index (κ1) is 19.2. The van der Waals surface area contributed by atoms with Gasteiger partial charge in [0.1, 0.15) is 0 Å². The zero-order chi connectivity index (χ0) is 19.7. The maximum Gasteiger partial charge on any atom is 0.254 e. The molecule has 1 aromatic rings. The second-order valence-electron chi connectivity index (χ2n) is 8.50. The van der Waals surface area contributed by atoms with E-state index in [2.05, 4.69) is 10.2 Å². The Bertz CT molecular complexity index is 793. The molecule has 3 aliphatic rings. The number of aryl methyl sites for hydroxylation is 1. The molecule has 0 bridgehead atoms. The van der Waals surface area contributed by atoms with Gasteiger partial charge in [-0.05, 0) is 51.1 Å². The first-order valence-corrected chi connectivity index (χ1v) is 10.5. The molecule has 1 aromatic heterocycles. The summed E-state index contributed by atoms with van der Waals surface area (Å²) in [7, 11) is 1.68. The number of nitrogens with zero attached hydrogens (tertiary/aromatic N) is 3. The number of rotatable bonds is 4. The van der Waals surface area contributed by atoms with Crippen molar-refractivity contribution in [2.24, 2.45) is 13.0 Å². The molecule has 152 valence electrons. The lowest BCUT2D eigenvalue weighted by Crippen LogP contribution is -2.51. The number of hydrogen-bond donors (Lipinski definition) is 1. The summed E-state index contributed by atoms with van der Waals surface area (Å²) in [5.41, 5.74) is 0.306. The highest BCUT2D eigenvalue weighted by atomic mass is 16.2. The minimum atomic E-state index is -0.162. The van der Waals surface area contributed by atoms with Crippen LogP contribution in [0.15, 0.2) is 23.1 Å². The molecule has 2 aliphatic heterocycles. The van der Waals surface area contributed by atoms with Crippen molar-refractivity contribution in [3.63, 3.8) is 0 Å². The molecule has 3 heterocycles. The molecule has 0 unspecified atom stereocenters. The smallest absolute Gasteiger partial charge is 0.254 e. The minimum absolute atomic E-state index is 0.0588. The number of hydrogen-bond acceptors (Lipinski definition) is 4. The van der Waals surface area contributed by atoms with Gasteiger partial charge in [0.15, 0.2) is 0 Å². The van der Waals surface area contributed by atoms with Gasteiger partial charge in [-0.25, -0.2) is 0 Å². The van der Waals surface area contributed by atoms with Gasteiger partial charge in [0.05, 0.1) is 5.92 Å². The molecule has 1 atom stereocenters. The fraction of sp³-hybridized carbons (Fsp3) is 0.667. The van der Waals surface area contributed by atoms with Crippen molar-refractivity contribution in [2.75, 3.05) is 26.2 Å². The Morgan fingerprint density at radius 3 is 2.50 bits per heavy atom. The van der Waals surface area contributed by atoms with Crippen LogP contribution in [0.1, 0.15) is 48.9 Å². The Balaban J connectivity index is 1.30. The van der Waals surface area contributed by atoms with E-state index in [0.29, 0.717) is 30.7 Å². The number of piperidine rings is 2. The van der Waals surface area contributed by atoms with E-state index in [0.717, 1.165) is 51.6 Å². The van der Waals surface area contributed by atoms with Gasteiger partial charge in [-0.1, -0.05) is 0 Å². The summed E-state index contributed by atoms with van der Waals surface area (Å²) < 4.78 is 1.47. The number of likely N-dealkylation sites (tertiary alicyclic amines) is 2. The van der Waals surface area contributed by atoms with Crippen molar-refractivity contribution in [1.82, 2.24) is 19.7 Å².